The van der Waals surface area contributed by atoms with Crippen molar-refractivity contribution >= 4 is 33.6 Å². The highest BCUT2D eigenvalue weighted by molar-refractivity contribution is 7.99. The fourth-order valence-electron chi connectivity index (χ4n) is 1.65. The molecule has 0 aromatic heterocycles. The maximum atomic E-state index is 12.4. The van der Waals surface area contributed by atoms with Crippen molar-refractivity contribution in [1.29, 1.82) is 0 Å². The van der Waals surface area contributed by atoms with E-state index in [2.05, 4.69) is 8.92 Å². The van der Waals surface area contributed by atoms with Gasteiger partial charge in [0.1, 0.15) is 5.76 Å². The van der Waals surface area contributed by atoms with E-state index in [1.165, 1.54) is 36.0 Å². The highest BCUT2D eigenvalue weighted by Crippen LogP contribution is 2.38. The predicted molar refractivity (Wildman–Crippen MR) is 72.5 cm³/mol. The molecule has 0 spiro atoms. The Labute approximate surface area is 128 Å². The molecule has 0 fully saturated rings. The van der Waals surface area contributed by atoms with Gasteiger partial charge in [0.2, 0.25) is 0 Å². The molecule has 0 amide bonds. The Kier molecular flexibility index (Phi) is 4.43. The maximum Gasteiger partial charge on any atom is 0.534 e. The van der Waals surface area contributed by atoms with Crippen molar-refractivity contribution in [2.24, 2.45) is 0 Å². The number of rotatable bonds is 3. The normalized spacial score (nSPS) is 14.8. The standard InChI is InChI=1S/C12H9F3O5S2/c1-19-11(16)7-2-3-10-8(6-7)9(4-5-21-10)20-22(17,18)12(13,14)15/h2-4,6H,5H2,1H3. The molecule has 0 unspecified atom stereocenters. The summed E-state index contributed by atoms with van der Waals surface area (Å²) in [5.41, 5.74) is -5.37. The molecule has 0 radical (unpaired) electrons. The van der Waals surface area contributed by atoms with Crippen LogP contribution in [0.2, 0.25) is 0 Å². The van der Waals surface area contributed by atoms with Gasteiger partial charge in [0, 0.05) is 16.2 Å². The lowest BCUT2D eigenvalue weighted by Crippen LogP contribution is -2.25. The second-order valence-corrected chi connectivity index (χ2v) is 6.66. The molecule has 1 aromatic carbocycles. The van der Waals surface area contributed by atoms with Crippen LogP contribution >= 0.6 is 11.8 Å². The molecular weight excluding hydrogens is 345 g/mol. The second-order valence-electron chi connectivity index (χ2n) is 4.07. The van der Waals surface area contributed by atoms with Crippen molar-refractivity contribution in [1.82, 2.24) is 0 Å². The van der Waals surface area contributed by atoms with Gasteiger partial charge in [-0.05, 0) is 24.3 Å². The summed E-state index contributed by atoms with van der Waals surface area (Å²) in [5.74, 6) is -0.916. The number of carbonyl (C=O) groups is 1. The molecule has 5 nitrogen and oxygen atoms in total. The molecule has 120 valence electrons. The van der Waals surface area contributed by atoms with Crippen LogP contribution in [0.25, 0.3) is 5.76 Å². The van der Waals surface area contributed by atoms with Gasteiger partial charge in [-0.1, -0.05) is 0 Å². The van der Waals surface area contributed by atoms with Gasteiger partial charge in [0.05, 0.1) is 12.7 Å². The van der Waals surface area contributed by atoms with Crippen LogP contribution in [0.1, 0.15) is 15.9 Å². The molecule has 0 aliphatic carbocycles. The average molecular weight is 354 g/mol. The quantitative estimate of drug-likeness (QED) is 0.472. The predicted octanol–water partition coefficient (Wildman–Crippen LogP) is 2.79. The van der Waals surface area contributed by atoms with Crippen LogP contribution in [-0.2, 0) is 19.0 Å². The van der Waals surface area contributed by atoms with E-state index in [0.29, 0.717) is 4.90 Å². The Morgan fingerprint density at radius 3 is 2.59 bits per heavy atom. The third-order valence-corrected chi connectivity index (χ3v) is 4.62. The Balaban J connectivity index is 2.42. The minimum atomic E-state index is -5.77. The Hall–Kier alpha value is -1.68. The summed E-state index contributed by atoms with van der Waals surface area (Å²) in [4.78, 5) is 12.0. The van der Waals surface area contributed by atoms with Gasteiger partial charge in [0.25, 0.3) is 0 Å². The minimum absolute atomic E-state index is 0.0719. The molecule has 0 saturated carbocycles. The van der Waals surface area contributed by atoms with Crippen LogP contribution in [0.15, 0.2) is 29.2 Å². The molecule has 0 saturated heterocycles. The van der Waals surface area contributed by atoms with Gasteiger partial charge in [-0.2, -0.15) is 21.6 Å². The summed E-state index contributed by atoms with van der Waals surface area (Å²) < 4.78 is 68.2. The molecule has 2 rings (SSSR count). The molecule has 1 aliphatic rings. The van der Waals surface area contributed by atoms with Crippen molar-refractivity contribution in [2.75, 3.05) is 12.9 Å². The van der Waals surface area contributed by atoms with E-state index in [0.717, 1.165) is 7.11 Å². The van der Waals surface area contributed by atoms with Crippen LogP contribution in [0.3, 0.4) is 0 Å². The second kappa shape index (κ2) is 5.84. The van der Waals surface area contributed by atoms with Crippen LogP contribution in [0, 0.1) is 0 Å². The maximum absolute atomic E-state index is 12.4. The zero-order valence-electron chi connectivity index (χ0n) is 11.0. The van der Waals surface area contributed by atoms with E-state index in [1.54, 1.807) is 0 Å². The zero-order valence-corrected chi connectivity index (χ0v) is 12.6. The van der Waals surface area contributed by atoms with Crippen molar-refractivity contribution in [3.63, 3.8) is 0 Å². The van der Waals surface area contributed by atoms with Gasteiger partial charge in [-0.3, -0.25) is 0 Å². The third kappa shape index (κ3) is 3.22. The zero-order chi connectivity index (χ0) is 16.5. The summed E-state index contributed by atoms with van der Waals surface area (Å²) >= 11 is 1.27. The minimum Gasteiger partial charge on any atom is -0.465 e. The first-order chi connectivity index (χ1) is 10.2. The summed E-state index contributed by atoms with van der Waals surface area (Å²) in [6, 6.07) is 4.15. The average Bonchev–Trinajstić information content (AvgIpc) is 2.45. The molecule has 0 N–H and O–H groups in total. The number of halogens is 3. The van der Waals surface area contributed by atoms with Crippen molar-refractivity contribution < 1.29 is 35.3 Å². The van der Waals surface area contributed by atoms with Crippen LogP contribution in [0.5, 0.6) is 0 Å². The lowest BCUT2D eigenvalue weighted by molar-refractivity contribution is -0.0509. The lowest BCUT2D eigenvalue weighted by Gasteiger charge is -2.19. The van der Waals surface area contributed by atoms with Gasteiger partial charge >= 0.3 is 21.6 Å². The van der Waals surface area contributed by atoms with Gasteiger partial charge in [-0.25, -0.2) is 4.79 Å². The monoisotopic (exact) mass is 354 g/mol. The number of methoxy groups -OCH3 is 1. The van der Waals surface area contributed by atoms with Gasteiger partial charge in [-0.15, -0.1) is 11.8 Å². The van der Waals surface area contributed by atoms with Crippen molar-refractivity contribution in [3.05, 3.63) is 35.4 Å². The number of ether oxygens (including phenoxy) is 1. The van der Waals surface area contributed by atoms with E-state index < -0.39 is 27.4 Å². The first kappa shape index (κ1) is 16.7. The molecule has 0 bridgehead atoms. The molecule has 1 aromatic rings. The Morgan fingerprint density at radius 2 is 2.00 bits per heavy atom. The van der Waals surface area contributed by atoms with E-state index in [1.807, 2.05) is 0 Å². The number of hydrogen-bond acceptors (Lipinski definition) is 6. The summed E-state index contributed by atoms with van der Waals surface area (Å²) in [5, 5.41) is 0. The molecule has 1 aliphatic heterocycles. The number of alkyl halides is 3. The first-order valence-corrected chi connectivity index (χ1v) is 8.11. The van der Waals surface area contributed by atoms with Gasteiger partial charge < -0.3 is 8.92 Å². The Morgan fingerprint density at radius 1 is 1.32 bits per heavy atom. The van der Waals surface area contributed by atoms with E-state index in [4.69, 9.17) is 0 Å². The fourth-order valence-corrected chi connectivity index (χ4v) is 3.04. The topological polar surface area (TPSA) is 69.7 Å². The summed E-state index contributed by atoms with van der Waals surface area (Å²) in [7, 11) is -4.62. The van der Waals surface area contributed by atoms with E-state index in [-0.39, 0.29) is 16.9 Å². The third-order valence-electron chi connectivity index (χ3n) is 2.66. The van der Waals surface area contributed by atoms with Crippen molar-refractivity contribution in [3.8, 4) is 0 Å². The lowest BCUT2D eigenvalue weighted by atomic mass is 10.1. The van der Waals surface area contributed by atoms with Gasteiger partial charge in [0.15, 0.2) is 0 Å². The molecule has 22 heavy (non-hydrogen) atoms. The van der Waals surface area contributed by atoms with Crippen LogP contribution < -0.4 is 0 Å². The fraction of sp³-hybridized carbons (Fsp3) is 0.250. The number of carbonyl (C=O) groups excluding carboxylic acids is 1. The molecule has 1 heterocycles. The van der Waals surface area contributed by atoms with E-state index >= 15 is 0 Å². The largest absolute Gasteiger partial charge is 0.534 e. The summed E-state index contributed by atoms with van der Waals surface area (Å²) in [6.45, 7) is 0. The smallest absolute Gasteiger partial charge is 0.465 e. The molecule has 0 atom stereocenters. The van der Waals surface area contributed by atoms with Crippen LogP contribution in [0.4, 0.5) is 13.2 Å². The highest BCUT2D eigenvalue weighted by Gasteiger charge is 2.49. The summed E-state index contributed by atoms with van der Waals surface area (Å²) in [6.07, 6.45) is 1.21. The number of esters is 1. The molecule has 10 heteroatoms. The van der Waals surface area contributed by atoms with Crippen LogP contribution in [-0.4, -0.2) is 32.8 Å². The first-order valence-electron chi connectivity index (χ1n) is 5.72. The Bertz CT molecular complexity index is 738. The number of fused-ring (bicyclic) bond motifs is 1. The van der Waals surface area contributed by atoms with Crippen molar-refractivity contribution in [2.45, 2.75) is 10.4 Å². The number of thioether (sulfide) groups is 1. The highest BCUT2D eigenvalue weighted by atomic mass is 32.2. The number of hydrogen-bond donors (Lipinski definition) is 0. The molecular formula is C12H9F3O5S2. The SMILES string of the molecule is COC(=O)c1ccc2c(c1)C(OS(=O)(=O)C(F)(F)F)=CCS2. The van der Waals surface area contributed by atoms with E-state index in [9.17, 15) is 26.4 Å². The number of benzene rings is 1.